The van der Waals surface area contributed by atoms with E-state index in [1.807, 2.05) is 0 Å². The molecule has 0 bridgehead atoms. The summed E-state index contributed by atoms with van der Waals surface area (Å²) >= 11 is 0. The van der Waals surface area contributed by atoms with Gasteiger partial charge >= 0.3 is 0 Å². The van der Waals surface area contributed by atoms with Crippen molar-refractivity contribution in [2.24, 2.45) is 0 Å². The average molecular weight is 314 g/mol. The number of para-hydroxylation sites is 2. The molecule has 0 heterocycles. The van der Waals surface area contributed by atoms with E-state index in [4.69, 9.17) is 10.5 Å². The number of anilines is 1. The molecule has 6 nitrogen and oxygen atoms in total. The Morgan fingerprint density at radius 2 is 1.95 bits per heavy atom. The van der Waals surface area contributed by atoms with E-state index in [2.05, 4.69) is 4.72 Å². The standard InChI is InChI=1S/C14H22N2O4S/c15-12-5-1-2-6-13(12)20-9-10-21(18,19)16-11-14(17)7-3-4-8-14/h1-2,5-6,16-17H,3-4,7-11,15H2. The number of ether oxygens (including phenoxy) is 1. The maximum Gasteiger partial charge on any atom is 0.215 e. The SMILES string of the molecule is Nc1ccccc1OCCS(=O)(=O)NCC1(O)CCCC1. The zero-order valence-electron chi connectivity index (χ0n) is 11.9. The number of aliphatic hydroxyl groups is 1. The van der Waals surface area contributed by atoms with Crippen LogP contribution >= 0.6 is 0 Å². The number of nitrogen functional groups attached to an aromatic ring is 1. The Kier molecular flexibility index (Phi) is 5.08. The summed E-state index contributed by atoms with van der Waals surface area (Å²) in [4.78, 5) is 0. The van der Waals surface area contributed by atoms with E-state index in [1.54, 1.807) is 24.3 Å². The van der Waals surface area contributed by atoms with E-state index < -0.39 is 15.6 Å². The summed E-state index contributed by atoms with van der Waals surface area (Å²) in [7, 11) is -3.47. The third-order valence-corrected chi connectivity index (χ3v) is 4.97. The molecule has 118 valence electrons. The van der Waals surface area contributed by atoms with Crippen molar-refractivity contribution in [3.63, 3.8) is 0 Å². The summed E-state index contributed by atoms with van der Waals surface area (Å²) in [6, 6.07) is 6.94. The predicted molar refractivity (Wildman–Crippen MR) is 81.6 cm³/mol. The monoisotopic (exact) mass is 314 g/mol. The molecular weight excluding hydrogens is 292 g/mol. The van der Waals surface area contributed by atoms with Gasteiger partial charge in [0.15, 0.2) is 0 Å². The third-order valence-electron chi connectivity index (χ3n) is 3.68. The van der Waals surface area contributed by atoms with Crippen molar-refractivity contribution in [2.75, 3.05) is 24.6 Å². The molecule has 1 saturated carbocycles. The molecule has 0 atom stereocenters. The van der Waals surface area contributed by atoms with Gasteiger partial charge in [0.2, 0.25) is 10.0 Å². The van der Waals surface area contributed by atoms with Crippen LogP contribution in [0.3, 0.4) is 0 Å². The maximum absolute atomic E-state index is 11.9. The van der Waals surface area contributed by atoms with Crippen molar-refractivity contribution in [2.45, 2.75) is 31.3 Å². The van der Waals surface area contributed by atoms with Crippen LogP contribution < -0.4 is 15.2 Å². The van der Waals surface area contributed by atoms with Crippen molar-refractivity contribution >= 4 is 15.7 Å². The maximum atomic E-state index is 11.9. The summed E-state index contributed by atoms with van der Waals surface area (Å²) < 4.78 is 31.6. The lowest BCUT2D eigenvalue weighted by Crippen LogP contribution is -2.42. The molecule has 0 unspecified atom stereocenters. The summed E-state index contributed by atoms with van der Waals surface area (Å²) in [5.74, 6) is 0.305. The Balaban J connectivity index is 1.77. The number of hydrogen-bond donors (Lipinski definition) is 3. The van der Waals surface area contributed by atoms with Gasteiger partial charge in [0, 0.05) is 6.54 Å². The fourth-order valence-electron chi connectivity index (χ4n) is 2.40. The van der Waals surface area contributed by atoms with Crippen LogP contribution in [0.1, 0.15) is 25.7 Å². The fourth-order valence-corrected chi connectivity index (χ4v) is 3.34. The van der Waals surface area contributed by atoms with E-state index in [-0.39, 0.29) is 18.9 Å². The molecule has 2 rings (SSSR count). The Hall–Kier alpha value is -1.31. The van der Waals surface area contributed by atoms with Crippen molar-refractivity contribution in [3.05, 3.63) is 24.3 Å². The first-order valence-corrected chi connectivity index (χ1v) is 8.73. The van der Waals surface area contributed by atoms with Crippen LogP contribution in [0.25, 0.3) is 0 Å². The van der Waals surface area contributed by atoms with E-state index in [9.17, 15) is 13.5 Å². The number of hydrogen-bond acceptors (Lipinski definition) is 5. The van der Waals surface area contributed by atoms with E-state index in [1.165, 1.54) is 0 Å². The molecule has 1 fully saturated rings. The lowest BCUT2D eigenvalue weighted by Gasteiger charge is -2.22. The van der Waals surface area contributed by atoms with Crippen LogP contribution in [0.5, 0.6) is 5.75 Å². The van der Waals surface area contributed by atoms with Crippen molar-refractivity contribution < 1.29 is 18.3 Å². The quantitative estimate of drug-likeness (QED) is 0.648. The Morgan fingerprint density at radius 1 is 1.29 bits per heavy atom. The van der Waals surface area contributed by atoms with E-state index in [0.29, 0.717) is 24.3 Å². The largest absolute Gasteiger partial charge is 0.490 e. The highest BCUT2D eigenvalue weighted by molar-refractivity contribution is 7.89. The number of sulfonamides is 1. The zero-order chi connectivity index (χ0) is 15.3. The van der Waals surface area contributed by atoms with Gasteiger partial charge in [-0.1, -0.05) is 25.0 Å². The minimum absolute atomic E-state index is 0.0158. The lowest BCUT2D eigenvalue weighted by atomic mass is 10.0. The Morgan fingerprint density at radius 3 is 2.62 bits per heavy atom. The average Bonchev–Trinajstić information content (AvgIpc) is 2.87. The normalized spacial score (nSPS) is 17.8. The summed E-state index contributed by atoms with van der Waals surface area (Å²) in [6.07, 6.45) is 3.17. The third kappa shape index (κ3) is 4.87. The molecule has 1 aromatic carbocycles. The van der Waals surface area contributed by atoms with Crippen LogP contribution in [0.15, 0.2) is 24.3 Å². The summed E-state index contributed by atoms with van der Waals surface area (Å²) in [5.41, 5.74) is 5.29. The molecule has 21 heavy (non-hydrogen) atoms. The first-order chi connectivity index (χ1) is 9.90. The van der Waals surface area contributed by atoms with Crippen molar-refractivity contribution in [3.8, 4) is 5.75 Å². The summed E-state index contributed by atoms with van der Waals surface area (Å²) in [5, 5.41) is 10.1. The minimum atomic E-state index is -3.47. The van der Waals surface area contributed by atoms with Gasteiger partial charge < -0.3 is 15.6 Å². The molecular formula is C14H22N2O4S. The fraction of sp³-hybridized carbons (Fsp3) is 0.571. The molecule has 0 amide bonds. The number of rotatable bonds is 7. The Labute approximate surface area is 125 Å². The molecule has 0 aliphatic heterocycles. The number of nitrogens with two attached hydrogens (primary N) is 1. The van der Waals surface area contributed by atoms with Crippen LogP contribution in [0.4, 0.5) is 5.69 Å². The molecule has 1 aromatic rings. The van der Waals surface area contributed by atoms with Gasteiger partial charge in [0.1, 0.15) is 12.4 Å². The van der Waals surface area contributed by atoms with E-state index in [0.717, 1.165) is 12.8 Å². The zero-order valence-corrected chi connectivity index (χ0v) is 12.7. The second kappa shape index (κ2) is 6.64. The van der Waals surface area contributed by atoms with Crippen LogP contribution in [0.2, 0.25) is 0 Å². The number of nitrogens with one attached hydrogen (secondary N) is 1. The molecule has 0 saturated heterocycles. The first kappa shape index (κ1) is 16.1. The van der Waals surface area contributed by atoms with Gasteiger partial charge in [0.25, 0.3) is 0 Å². The van der Waals surface area contributed by atoms with Gasteiger partial charge in [-0.2, -0.15) is 0 Å². The van der Waals surface area contributed by atoms with Crippen molar-refractivity contribution in [1.29, 1.82) is 0 Å². The van der Waals surface area contributed by atoms with Crippen LogP contribution in [0, 0.1) is 0 Å². The minimum Gasteiger partial charge on any atom is -0.490 e. The highest BCUT2D eigenvalue weighted by Crippen LogP contribution is 2.28. The van der Waals surface area contributed by atoms with Crippen LogP contribution in [-0.2, 0) is 10.0 Å². The van der Waals surface area contributed by atoms with Crippen molar-refractivity contribution in [1.82, 2.24) is 4.72 Å². The number of benzene rings is 1. The smallest absolute Gasteiger partial charge is 0.215 e. The molecule has 0 aromatic heterocycles. The van der Waals surface area contributed by atoms with Gasteiger partial charge in [-0.15, -0.1) is 0 Å². The van der Waals surface area contributed by atoms with Gasteiger partial charge in [-0.3, -0.25) is 0 Å². The lowest BCUT2D eigenvalue weighted by molar-refractivity contribution is 0.0531. The van der Waals surface area contributed by atoms with Gasteiger partial charge in [-0.25, -0.2) is 13.1 Å². The van der Waals surface area contributed by atoms with Gasteiger partial charge in [-0.05, 0) is 25.0 Å². The van der Waals surface area contributed by atoms with Crippen LogP contribution in [-0.4, -0.2) is 38.0 Å². The second-order valence-corrected chi connectivity index (χ2v) is 7.38. The second-order valence-electron chi connectivity index (χ2n) is 5.46. The Bertz CT molecular complexity index is 568. The predicted octanol–water partition coefficient (Wildman–Crippen LogP) is 0.872. The molecule has 4 N–H and O–H groups in total. The highest BCUT2D eigenvalue weighted by Gasteiger charge is 2.32. The summed E-state index contributed by atoms with van der Waals surface area (Å²) in [6.45, 7) is 0.0881. The molecule has 0 radical (unpaired) electrons. The highest BCUT2D eigenvalue weighted by atomic mass is 32.2. The van der Waals surface area contributed by atoms with Gasteiger partial charge in [0.05, 0.1) is 17.0 Å². The molecule has 7 heteroatoms. The molecule has 1 aliphatic rings. The van der Waals surface area contributed by atoms with E-state index >= 15 is 0 Å². The topological polar surface area (TPSA) is 102 Å². The molecule has 0 spiro atoms. The first-order valence-electron chi connectivity index (χ1n) is 7.07. The molecule has 1 aliphatic carbocycles.